The smallest absolute Gasteiger partial charge is 0.320 e. The highest BCUT2D eigenvalue weighted by Crippen LogP contribution is 2.29. The summed E-state index contributed by atoms with van der Waals surface area (Å²) in [5.74, 6) is 0.868. The zero-order valence-electron chi connectivity index (χ0n) is 21.8. The molecule has 1 aromatic heterocycles. The highest BCUT2D eigenvalue weighted by Gasteiger charge is 2.34. The van der Waals surface area contributed by atoms with Gasteiger partial charge in [0.05, 0.1) is 24.0 Å². The number of benzene rings is 2. The molecule has 0 bridgehead atoms. The van der Waals surface area contributed by atoms with Crippen LogP contribution in [0.15, 0.2) is 60.7 Å². The molecule has 2 aromatic carbocycles. The maximum absolute atomic E-state index is 13.3. The molecule has 0 aliphatic carbocycles. The lowest BCUT2D eigenvalue weighted by atomic mass is 9.92. The molecule has 194 valence electrons. The predicted octanol–water partition coefficient (Wildman–Crippen LogP) is 5.14. The van der Waals surface area contributed by atoms with Gasteiger partial charge in [-0.25, -0.2) is 9.48 Å². The number of hydrogen-bond acceptors (Lipinski definition) is 4. The van der Waals surface area contributed by atoms with E-state index in [4.69, 9.17) is 9.84 Å². The number of methoxy groups -OCH3 is 1. The number of hydrogen-bond donors (Lipinski definition) is 2. The zero-order chi connectivity index (χ0) is 25.0. The second-order valence-corrected chi connectivity index (χ2v) is 10.4. The van der Waals surface area contributed by atoms with E-state index < -0.39 is 0 Å². The highest BCUT2D eigenvalue weighted by atomic mass is 35.5. The molecule has 3 aromatic rings. The van der Waals surface area contributed by atoms with Crippen molar-refractivity contribution in [2.24, 2.45) is 0 Å². The molecule has 1 aliphatic heterocycles. The van der Waals surface area contributed by atoms with Gasteiger partial charge in [-0.05, 0) is 24.6 Å². The van der Waals surface area contributed by atoms with E-state index in [1.54, 1.807) is 7.11 Å². The van der Waals surface area contributed by atoms with Gasteiger partial charge in [-0.15, -0.1) is 12.4 Å². The van der Waals surface area contributed by atoms with Crippen LogP contribution in [0.5, 0.6) is 0 Å². The molecule has 2 heterocycles. The van der Waals surface area contributed by atoms with Gasteiger partial charge in [-0.3, -0.25) is 10.2 Å². The second kappa shape index (κ2) is 11.9. The van der Waals surface area contributed by atoms with E-state index in [9.17, 15) is 4.79 Å². The Morgan fingerprint density at radius 2 is 1.78 bits per heavy atom. The second-order valence-electron chi connectivity index (χ2n) is 10.4. The Labute approximate surface area is 220 Å². The van der Waals surface area contributed by atoms with Crippen molar-refractivity contribution in [3.8, 4) is 5.69 Å². The van der Waals surface area contributed by atoms with Crippen molar-refractivity contribution >= 4 is 24.3 Å². The number of carbonyl (C=O) groups excluding carboxylic acids is 1. The minimum Gasteiger partial charge on any atom is -0.383 e. The Bertz CT molecular complexity index is 1130. The summed E-state index contributed by atoms with van der Waals surface area (Å²) in [6.45, 7) is 11.6. The number of rotatable bonds is 7. The molecule has 0 spiro atoms. The van der Waals surface area contributed by atoms with Crippen molar-refractivity contribution in [2.75, 3.05) is 38.7 Å². The van der Waals surface area contributed by atoms with Crippen LogP contribution in [-0.4, -0.2) is 60.1 Å². The minimum absolute atomic E-state index is 0. The molecule has 1 fully saturated rings. The van der Waals surface area contributed by atoms with Gasteiger partial charge in [0, 0.05) is 44.1 Å². The summed E-state index contributed by atoms with van der Waals surface area (Å²) < 4.78 is 7.09. The number of aromatic nitrogens is 2. The molecule has 0 saturated carbocycles. The molecule has 2 unspecified atom stereocenters. The number of ether oxygens (including phenoxy) is 1. The quantitative estimate of drug-likeness (QED) is 0.461. The zero-order valence-corrected chi connectivity index (χ0v) is 22.6. The van der Waals surface area contributed by atoms with E-state index in [1.165, 1.54) is 11.1 Å². The Morgan fingerprint density at radius 1 is 1.08 bits per heavy atom. The maximum atomic E-state index is 13.3. The number of aryl methyl sites for hydroxylation is 1. The maximum Gasteiger partial charge on any atom is 0.320 e. The molecule has 7 nitrogen and oxygen atoms in total. The van der Waals surface area contributed by atoms with Crippen molar-refractivity contribution in [2.45, 2.75) is 45.1 Å². The first-order valence-corrected chi connectivity index (χ1v) is 12.3. The van der Waals surface area contributed by atoms with E-state index in [-0.39, 0.29) is 35.8 Å². The normalized spacial score (nSPS) is 18.0. The highest BCUT2D eigenvalue weighted by molar-refractivity contribution is 5.89. The van der Waals surface area contributed by atoms with E-state index in [2.05, 4.69) is 79.6 Å². The number of amides is 2. The Balaban J connectivity index is 0.00000361. The van der Waals surface area contributed by atoms with Crippen molar-refractivity contribution < 1.29 is 9.53 Å². The van der Waals surface area contributed by atoms with Crippen LogP contribution in [0.25, 0.3) is 5.69 Å². The number of halogens is 1. The van der Waals surface area contributed by atoms with Gasteiger partial charge in [0.2, 0.25) is 0 Å². The largest absolute Gasteiger partial charge is 0.383 e. The standard InChI is InChI=1S/C28H37N5O2.ClH/c1-20-11-13-22(14-12-20)33-26(17-25(31-33)28(2,3)4)30-27(34)29-24-19-32(15-16-35-5)18-23(24)21-9-7-6-8-10-21;/h6-14,17,23-24H,15-16,18-19H2,1-5H3,(H2,29,30,34);1H. The molecule has 1 saturated heterocycles. The summed E-state index contributed by atoms with van der Waals surface area (Å²) in [4.78, 5) is 15.6. The van der Waals surface area contributed by atoms with Gasteiger partial charge < -0.3 is 10.1 Å². The lowest BCUT2D eigenvalue weighted by molar-refractivity contribution is 0.159. The van der Waals surface area contributed by atoms with Gasteiger partial charge in [-0.1, -0.05) is 68.8 Å². The average molecular weight is 512 g/mol. The summed E-state index contributed by atoms with van der Waals surface area (Å²) >= 11 is 0. The van der Waals surface area contributed by atoms with Gasteiger partial charge >= 0.3 is 6.03 Å². The molecule has 1 aliphatic rings. The fourth-order valence-electron chi connectivity index (χ4n) is 4.51. The molecule has 8 heteroatoms. The molecule has 2 atom stereocenters. The summed E-state index contributed by atoms with van der Waals surface area (Å²) in [6.07, 6.45) is 0. The van der Waals surface area contributed by atoms with Crippen LogP contribution in [0.3, 0.4) is 0 Å². The van der Waals surface area contributed by atoms with Crippen LogP contribution in [0.1, 0.15) is 43.5 Å². The summed E-state index contributed by atoms with van der Waals surface area (Å²) in [5.41, 5.74) is 4.10. The molecule has 2 N–H and O–H groups in total. The van der Waals surface area contributed by atoms with Crippen molar-refractivity contribution in [1.29, 1.82) is 0 Å². The van der Waals surface area contributed by atoms with E-state index in [1.807, 2.05) is 28.9 Å². The van der Waals surface area contributed by atoms with E-state index >= 15 is 0 Å². The number of carbonyl (C=O) groups is 1. The third-order valence-electron chi connectivity index (χ3n) is 6.55. The van der Waals surface area contributed by atoms with Crippen molar-refractivity contribution in [3.05, 3.63) is 77.5 Å². The molecule has 2 amide bonds. The van der Waals surface area contributed by atoms with Crippen LogP contribution in [0.4, 0.5) is 10.6 Å². The molecule has 36 heavy (non-hydrogen) atoms. The fourth-order valence-corrected chi connectivity index (χ4v) is 4.51. The molecule has 0 radical (unpaired) electrons. The summed E-state index contributed by atoms with van der Waals surface area (Å²) in [6, 6.07) is 20.3. The lowest BCUT2D eigenvalue weighted by Gasteiger charge is -2.20. The Morgan fingerprint density at radius 3 is 2.42 bits per heavy atom. The van der Waals surface area contributed by atoms with E-state index in [0.29, 0.717) is 12.4 Å². The number of nitrogens with one attached hydrogen (secondary N) is 2. The fraction of sp³-hybridized carbons (Fsp3) is 0.429. The lowest BCUT2D eigenvalue weighted by Crippen LogP contribution is -2.42. The van der Waals surface area contributed by atoms with Crippen molar-refractivity contribution in [1.82, 2.24) is 20.0 Å². The molecular weight excluding hydrogens is 474 g/mol. The monoisotopic (exact) mass is 511 g/mol. The SMILES string of the molecule is COCCN1CC(NC(=O)Nc2cc(C(C)(C)C)nn2-c2ccc(C)cc2)C(c2ccccc2)C1.Cl. The first-order valence-electron chi connectivity index (χ1n) is 12.3. The number of anilines is 1. The predicted molar refractivity (Wildman–Crippen MR) is 148 cm³/mol. The number of nitrogens with zero attached hydrogens (tertiary/aromatic N) is 3. The minimum atomic E-state index is -0.224. The van der Waals surface area contributed by atoms with Crippen LogP contribution in [-0.2, 0) is 10.2 Å². The molecule has 4 rings (SSSR count). The Hall–Kier alpha value is -2.87. The third-order valence-corrected chi connectivity index (χ3v) is 6.55. The summed E-state index contributed by atoms with van der Waals surface area (Å²) in [7, 11) is 1.72. The van der Waals surface area contributed by atoms with Gasteiger partial charge in [0.15, 0.2) is 0 Å². The number of urea groups is 1. The first kappa shape index (κ1) is 27.7. The van der Waals surface area contributed by atoms with Crippen LogP contribution in [0, 0.1) is 6.92 Å². The van der Waals surface area contributed by atoms with Gasteiger partial charge in [0.25, 0.3) is 0 Å². The van der Waals surface area contributed by atoms with Gasteiger partial charge in [-0.2, -0.15) is 5.10 Å². The third kappa shape index (κ3) is 6.66. The van der Waals surface area contributed by atoms with Crippen LogP contribution >= 0.6 is 12.4 Å². The number of likely N-dealkylation sites (tertiary alicyclic amines) is 1. The van der Waals surface area contributed by atoms with Gasteiger partial charge in [0.1, 0.15) is 5.82 Å². The summed E-state index contributed by atoms with van der Waals surface area (Å²) in [5, 5.41) is 11.2. The van der Waals surface area contributed by atoms with Crippen molar-refractivity contribution in [3.63, 3.8) is 0 Å². The van der Waals surface area contributed by atoms with E-state index in [0.717, 1.165) is 31.0 Å². The topological polar surface area (TPSA) is 71.4 Å². The van der Waals surface area contributed by atoms with Crippen LogP contribution < -0.4 is 10.6 Å². The molecular formula is C28H38ClN5O2. The Kier molecular flexibility index (Phi) is 9.17. The average Bonchev–Trinajstić information content (AvgIpc) is 3.43. The van der Waals surface area contributed by atoms with Crippen LogP contribution in [0.2, 0.25) is 0 Å². The first-order chi connectivity index (χ1) is 16.7.